The molecule has 82 valence electrons. The van der Waals surface area contributed by atoms with Crippen molar-refractivity contribution in [3.8, 4) is 11.5 Å². The van der Waals surface area contributed by atoms with Crippen molar-refractivity contribution in [1.29, 1.82) is 0 Å². The standard InChI is InChI=1S/C11H14BrNO2/c1-14-9-4-3-6(7-5-8(7)13)10(12)11(9)15-2/h3-4,7-8H,5,13H2,1-2H3/t7-,8+/m0/s1. The Morgan fingerprint density at radius 3 is 2.47 bits per heavy atom. The lowest BCUT2D eigenvalue weighted by atomic mass is 10.1. The summed E-state index contributed by atoms with van der Waals surface area (Å²) in [4.78, 5) is 0. The fraction of sp³-hybridized carbons (Fsp3) is 0.455. The molecule has 0 aromatic heterocycles. The van der Waals surface area contributed by atoms with Crippen molar-refractivity contribution in [2.75, 3.05) is 14.2 Å². The predicted octanol–water partition coefficient (Wildman–Crippen LogP) is 2.28. The summed E-state index contributed by atoms with van der Waals surface area (Å²) in [6, 6.07) is 4.26. The second-order valence-corrected chi connectivity index (χ2v) is 4.50. The molecular formula is C11H14BrNO2. The maximum absolute atomic E-state index is 5.84. The average molecular weight is 272 g/mol. The Balaban J connectivity index is 2.41. The van der Waals surface area contributed by atoms with Crippen molar-refractivity contribution in [3.63, 3.8) is 0 Å². The second kappa shape index (κ2) is 4.02. The molecule has 0 unspecified atom stereocenters. The number of benzene rings is 1. The smallest absolute Gasteiger partial charge is 0.175 e. The van der Waals surface area contributed by atoms with Gasteiger partial charge in [-0.3, -0.25) is 0 Å². The molecule has 0 saturated heterocycles. The minimum atomic E-state index is 0.291. The van der Waals surface area contributed by atoms with Crippen LogP contribution in [0, 0.1) is 0 Å². The summed E-state index contributed by atoms with van der Waals surface area (Å²) in [5, 5.41) is 0. The molecular weight excluding hydrogens is 258 g/mol. The molecule has 0 bridgehead atoms. The van der Waals surface area contributed by atoms with Crippen LogP contribution in [0.3, 0.4) is 0 Å². The Morgan fingerprint density at radius 1 is 1.33 bits per heavy atom. The number of methoxy groups -OCH3 is 2. The lowest BCUT2D eigenvalue weighted by Crippen LogP contribution is -2.02. The fourth-order valence-corrected chi connectivity index (χ4v) is 2.55. The van der Waals surface area contributed by atoms with Gasteiger partial charge in [-0.2, -0.15) is 0 Å². The van der Waals surface area contributed by atoms with E-state index in [2.05, 4.69) is 15.9 Å². The molecule has 2 atom stereocenters. The van der Waals surface area contributed by atoms with Crippen LogP contribution < -0.4 is 15.2 Å². The first-order valence-electron chi connectivity index (χ1n) is 4.85. The maximum Gasteiger partial charge on any atom is 0.175 e. The van der Waals surface area contributed by atoms with E-state index in [1.807, 2.05) is 12.1 Å². The second-order valence-electron chi connectivity index (χ2n) is 3.71. The summed E-state index contributed by atoms with van der Waals surface area (Å²) >= 11 is 3.54. The van der Waals surface area contributed by atoms with E-state index in [1.165, 1.54) is 5.56 Å². The molecule has 1 fully saturated rings. The normalized spacial score (nSPS) is 23.7. The van der Waals surface area contributed by atoms with Gasteiger partial charge in [0, 0.05) is 12.0 Å². The van der Waals surface area contributed by atoms with Gasteiger partial charge in [0.25, 0.3) is 0 Å². The SMILES string of the molecule is COc1ccc([C@@H]2C[C@H]2N)c(Br)c1OC. The van der Waals surface area contributed by atoms with Crippen molar-refractivity contribution in [2.24, 2.45) is 5.73 Å². The predicted molar refractivity (Wildman–Crippen MR) is 62.6 cm³/mol. The van der Waals surface area contributed by atoms with Crippen LogP contribution in [0.2, 0.25) is 0 Å². The van der Waals surface area contributed by atoms with E-state index in [0.29, 0.717) is 12.0 Å². The first-order chi connectivity index (χ1) is 7.19. The van der Waals surface area contributed by atoms with Gasteiger partial charge < -0.3 is 15.2 Å². The lowest BCUT2D eigenvalue weighted by Gasteiger charge is -2.12. The number of hydrogen-bond donors (Lipinski definition) is 1. The van der Waals surface area contributed by atoms with Crippen LogP contribution in [0.5, 0.6) is 11.5 Å². The van der Waals surface area contributed by atoms with Gasteiger partial charge in [0.1, 0.15) is 0 Å². The zero-order chi connectivity index (χ0) is 11.0. The van der Waals surface area contributed by atoms with E-state index in [4.69, 9.17) is 15.2 Å². The van der Waals surface area contributed by atoms with Crippen molar-refractivity contribution in [3.05, 3.63) is 22.2 Å². The van der Waals surface area contributed by atoms with E-state index in [1.54, 1.807) is 14.2 Å². The van der Waals surface area contributed by atoms with Crippen LogP contribution in [-0.4, -0.2) is 20.3 Å². The molecule has 0 aliphatic heterocycles. The van der Waals surface area contributed by atoms with E-state index < -0.39 is 0 Å². The Hall–Kier alpha value is -0.740. The average Bonchev–Trinajstić information content (AvgIpc) is 2.94. The summed E-state index contributed by atoms with van der Waals surface area (Å²) in [6.45, 7) is 0. The monoisotopic (exact) mass is 271 g/mol. The summed E-state index contributed by atoms with van der Waals surface area (Å²) in [5.41, 5.74) is 7.05. The van der Waals surface area contributed by atoms with Crippen LogP contribution in [0.15, 0.2) is 16.6 Å². The minimum Gasteiger partial charge on any atom is -0.493 e. The maximum atomic E-state index is 5.84. The molecule has 15 heavy (non-hydrogen) atoms. The highest BCUT2D eigenvalue weighted by Gasteiger charge is 2.37. The molecule has 2 N–H and O–H groups in total. The number of ether oxygens (including phenoxy) is 2. The van der Waals surface area contributed by atoms with E-state index in [-0.39, 0.29) is 0 Å². The number of nitrogens with two attached hydrogens (primary N) is 1. The summed E-state index contributed by atoms with van der Waals surface area (Å²) < 4.78 is 11.5. The fourth-order valence-electron chi connectivity index (χ4n) is 1.76. The third-order valence-electron chi connectivity index (χ3n) is 2.75. The molecule has 2 rings (SSSR count). The zero-order valence-corrected chi connectivity index (χ0v) is 10.4. The summed E-state index contributed by atoms with van der Waals surface area (Å²) in [7, 11) is 3.27. The Labute approximate surface area is 97.7 Å². The number of halogens is 1. The molecule has 3 nitrogen and oxygen atoms in total. The molecule has 0 radical (unpaired) electrons. The number of hydrogen-bond acceptors (Lipinski definition) is 3. The Morgan fingerprint density at radius 2 is 2.00 bits per heavy atom. The summed E-state index contributed by atoms with van der Waals surface area (Å²) in [6.07, 6.45) is 1.05. The van der Waals surface area contributed by atoms with Crippen LogP contribution in [-0.2, 0) is 0 Å². The molecule has 0 amide bonds. The van der Waals surface area contributed by atoms with Crippen LogP contribution in [0.4, 0.5) is 0 Å². The zero-order valence-electron chi connectivity index (χ0n) is 8.79. The molecule has 1 aromatic carbocycles. The first kappa shape index (κ1) is 10.8. The van der Waals surface area contributed by atoms with Gasteiger partial charge >= 0.3 is 0 Å². The highest BCUT2D eigenvalue weighted by atomic mass is 79.9. The molecule has 1 aliphatic carbocycles. The third kappa shape index (κ3) is 1.84. The van der Waals surface area contributed by atoms with Crippen molar-refractivity contribution >= 4 is 15.9 Å². The summed E-state index contributed by atoms with van der Waals surface area (Å²) in [5.74, 6) is 1.94. The van der Waals surface area contributed by atoms with Crippen molar-refractivity contribution in [1.82, 2.24) is 0 Å². The molecule has 1 aromatic rings. The van der Waals surface area contributed by atoms with Crippen LogP contribution >= 0.6 is 15.9 Å². The molecule has 0 heterocycles. The van der Waals surface area contributed by atoms with Gasteiger partial charge in [-0.05, 0) is 34.0 Å². The highest BCUT2D eigenvalue weighted by Crippen LogP contribution is 2.47. The van der Waals surface area contributed by atoms with E-state index in [0.717, 1.165) is 22.4 Å². The highest BCUT2D eigenvalue weighted by molar-refractivity contribution is 9.10. The van der Waals surface area contributed by atoms with Crippen LogP contribution in [0.25, 0.3) is 0 Å². The van der Waals surface area contributed by atoms with E-state index >= 15 is 0 Å². The van der Waals surface area contributed by atoms with Gasteiger partial charge in [-0.25, -0.2) is 0 Å². The number of rotatable bonds is 3. The first-order valence-corrected chi connectivity index (χ1v) is 5.64. The third-order valence-corrected chi connectivity index (χ3v) is 3.57. The quantitative estimate of drug-likeness (QED) is 0.918. The molecule has 1 saturated carbocycles. The molecule has 1 aliphatic rings. The lowest BCUT2D eigenvalue weighted by molar-refractivity contribution is 0.352. The van der Waals surface area contributed by atoms with Gasteiger partial charge in [0.15, 0.2) is 11.5 Å². The van der Waals surface area contributed by atoms with Gasteiger partial charge in [0.05, 0.1) is 18.7 Å². The topological polar surface area (TPSA) is 44.5 Å². The Bertz CT molecular complexity index is 381. The van der Waals surface area contributed by atoms with Gasteiger partial charge in [-0.15, -0.1) is 0 Å². The Kier molecular flexibility index (Phi) is 2.89. The van der Waals surface area contributed by atoms with E-state index in [9.17, 15) is 0 Å². The minimum absolute atomic E-state index is 0.291. The van der Waals surface area contributed by atoms with Crippen LogP contribution in [0.1, 0.15) is 17.9 Å². The van der Waals surface area contributed by atoms with Crippen molar-refractivity contribution in [2.45, 2.75) is 18.4 Å². The largest absolute Gasteiger partial charge is 0.493 e. The molecule has 4 heteroatoms. The van der Waals surface area contributed by atoms with Gasteiger partial charge in [0.2, 0.25) is 0 Å². The molecule has 0 spiro atoms. The van der Waals surface area contributed by atoms with Gasteiger partial charge in [-0.1, -0.05) is 6.07 Å². The van der Waals surface area contributed by atoms with Crippen molar-refractivity contribution < 1.29 is 9.47 Å².